The average molecular weight is 693 g/mol. The number of carbonyl (C=O) groups excluding carboxylic acids is 1. The molecule has 9 nitrogen and oxygen atoms in total. The fourth-order valence-corrected chi connectivity index (χ4v) is 8.13. The third kappa shape index (κ3) is 9.58. The van der Waals surface area contributed by atoms with Crippen molar-refractivity contribution in [2.45, 2.75) is 39.9 Å². The van der Waals surface area contributed by atoms with Gasteiger partial charge in [-0.25, -0.2) is 18.0 Å². The number of anilines is 1. The Morgan fingerprint density at radius 1 is 1.02 bits per heavy atom. The number of urea groups is 1. The SMILES string of the molecule is CSc1sc(C(=N)N)cc1S(=O)(=O)c1cccc(-c2c(C)cccc2NC(=O)NCCCc2ccccc2)c1.O=C(O)C(F)(F)F. The van der Waals surface area contributed by atoms with Gasteiger partial charge in [0.2, 0.25) is 9.84 Å². The molecule has 2 amide bonds. The van der Waals surface area contributed by atoms with Gasteiger partial charge < -0.3 is 21.5 Å². The first-order valence-electron chi connectivity index (χ1n) is 13.5. The van der Waals surface area contributed by atoms with Crippen molar-refractivity contribution in [2.75, 3.05) is 18.1 Å². The Labute approximate surface area is 272 Å². The molecule has 0 atom stereocenters. The summed E-state index contributed by atoms with van der Waals surface area (Å²) in [6, 6.07) is 23.5. The van der Waals surface area contributed by atoms with Gasteiger partial charge in [0.25, 0.3) is 0 Å². The van der Waals surface area contributed by atoms with Crippen LogP contribution in [0.25, 0.3) is 11.1 Å². The summed E-state index contributed by atoms with van der Waals surface area (Å²) in [5.74, 6) is -2.92. The number of carboxylic acid groups (broad SMARTS) is 1. The van der Waals surface area contributed by atoms with E-state index in [1.165, 1.54) is 34.7 Å². The zero-order valence-corrected chi connectivity index (χ0v) is 27.1. The van der Waals surface area contributed by atoms with Crippen LogP contribution < -0.4 is 16.4 Å². The van der Waals surface area contributed by atoms with Crippen LogP contribution in [0.2, 0.25) is 0 Å². The second kappa shape index (κ2) is 15.8. The number of nitrogens with one attached hydrogen (secondary N) is 3. The number of nitrogens with two attached hydrogens (primary N) is 1. The smallest absolute Gasteiger partial charge is 0.475 e. The van der Waals surface area contributed by atoms with Crippen molar-refractivity contribution in [3.8, 4) is 11.1 Å². The molecule has 0 fully saturated rings. The van der Waals surface area contributed by atoms with E-state index in [2.05, 4.69) is 22.8 Å². The number of hydrogen-bond acceptors (Lipinski definition) is 7. The van der Waals surface area contributed by atoms with E-state index in [0.717, 1.165) is 24.0 Å². The number of sulfone groups is 1. The number of thioether (sulfide) groups is 1. The standard InChI is InChI=1S/C29H30N4O3S3.C2HF3O2/c1-19-9-6-15-23(33-29(34)32-16-8-12-20-10-4-3-5-11-20)26(19)21-13-7-14-22(17-21)39(35,36)25-18-24(27(30)31)38-28(25)37-2;3-2(4,5)1(6)7/h3-7,9-11,13-15,17-18H,8,12,16H2,1-2H3,(H3,30,31)(H2,32,33,34);(H,6,7). The van der Waals surface area contributed by atoms with Gasteiger partial charge in [-0.15, -0.1) is 23.1 Å². The van der Waals surface area contributed by atoms with Gasteiger partial charge in [0.15, 0.2) is 0 Å². The zero-order valence-electron chi connectivity index (χ0n) is 24.6. The number of amides is 2. The number of hydrogen-bond donors (Lipinski definition) is 5. The molecule has 244 valence electrons. The van der Waals surface area contributed by atoms with Crippen LogP contribution in [0.5, 0.6) is 0 Å². The Morgan fingerprint density at radius 2 is 1.67 bits per heavy atom. The van der Waals surface area contributed by atoms with Crippen molar-refractivity contribution in [1.29, 1.82) is 5.41 Å². The quantitative estimate of drug-likeness (QED) is 0.0520. The molecule has 4 rings (SSSR count). The third-order valence-corrected chi connectivity index (χ3v) is 10.7. The van der Waals surface area contributed by atoms with Crippen LogP contribution in [0, 0.1) is 12.3 Å². The molecule has 0 radical (unpaired) electrons. The second-order valence-corrected chi connectivity index (χ2v) is 13.7. The Hall–Kier alpha value is -4.34. The molecule has 0 bridgehead atoms. The average Bonchev–Trinajstić information content (AvgIpc) is 3.46. The highest BCUT2D eigenvalue weighted by molar-refractivity contribution is 8.01. The predicted molar refractivity (Wildman–Crippen MR) is 175 cm³/mol. The lowest BCUT2D eigenvalue weighted by molar-refractivity contribution is -0.192. The summed E-state index contributed by atoms with van der Waals surface area (Å²) in [4.78, 5) is 22.3. The van der Waals surface area contributed by atoms with Crippen LogP contribution in [-0.2, 0) is 21.1 Å². The van der Waals surface area contributed by atoms with Crippen LogP contribution in [0.3, 0.4) is 0 Å². The number of nitrogen functional groups attached to an aromatic ring is 1. The molecule has 46 heavy (non-hydrogen) atoms. The molecule has 1 heterocycles. The summed E-state index contributed by atoms with van der Waals surface area (Å²) in [5, 5.41) is 20.7. The molecule has 0 spiro atoms. The van der Waals surface area contributed by atoms with Gasteiger partial charge in [-0.05, 0) is 67.0 Å². The fraction of sp³-hybridized carbons (Fsp3) is 0.194. The van der Waals surface area contributed by atoms with Gasteiger partial charge in [0.05, 0.1) is 24.6 Å². The maximum absolute atomic E-state index is 13.6. The molecular formula is C31H31F3N4O5S3. The Balaban J connectivity index is 0.000000738. The van der Waals surface area contributed by atoms with Crippen LogP contribution in [0.4, 0.5) is 23.7 Å². The monoisotopic (exact) mass is 692 g/mol. The number of thiophene rings is 1. The number of halogens is 3. The summed E-state index contributed by atoms with van der Waals surface area (Å²) in [5.41, 5.74) is 9.74. The minimum atomic E-state index is -5.08. The molecule has 0 aliphatic rings. The number of alkyl halides is 3. The summed E-state index contributed by atoms with van der Waals surface area (Å²) in [6.07, 6.45) is -1.61. The van der Waals surface area contributed by atoms with Crippen LogP contribution in [0.15, 0.2) is 92.9 Å². The lowest BCUT2D eigenvalue weighted by atomic mass is 9.98. The van der Waals surface area contributed by atoms with E-state index >= 15 is 0 Å². The minimum absolute atomic E-state index is 0.128. The fourth-order valence-electron chi connectivity index (χ4n) is 4.23. The molecule has 0 aliphatic carbocycles. The van der Waals surface area contributed by atoms with Crippen LogP contribution in [-0.4, -0.2) is 50.3 Å². The van der Waals surface area contributed by atoms with Crippen molar-refractivity contribution < 1.29 is 36.3 Å². The maximum Gasteiger partial charge on any atom is 0.490 e. The van der Waals surface area contributed by atoms with Crippen molar-refractivity contribution >= 4 is 56.5 Å². The van der Waals surface area contributed by atoms with Crippen LogP contribution in [0.1, 0.15) is 22.4 Å². The largest absolute Gasteiger partial charge is 0.490 e. The van der Waals surface area contributed by atoms with Crippen molar-refractivity contribution in [3.05, 3.63) is 94.9 Å². The van der Waals surface area contributed by atoms with Crippen molar-refractivity contribution in [2.24, 2.45) is 5.73 Å². The molecule has 0 aliphatic heterocycles. The molecule has 0 saturated heterocycles. The number of rotatable bonds is 10. The van der Waals surface area contributed by atoms with E-state index in [9.17, 15) is 26.4 Å². The molecule has 3 aromatic carbocycles. The number of aliphatic carboxylic acids is 1. The molecule has 0 saturated carbocycles. The molecule has 15 heteroatoms. The first-order chi connectivity index (χ1) is 21.6. The molecule has 0 unspecified atom stereocenters. The topological polar surface area (TPSA) is 162 Å². The lowest BCUT2D eigenvalue weighted by Gasteiger charge is -2.16. The number of aryl methyl sites for hydroxylation is 2. The minimum Gasteiger partial charge on any atom is -0.475 e. The van der Waals surface area contributed by atoms with Gasteiger partial charge >= 0.3 is 18.2 Å². The highest BCUT2D eigenvalue weighted by atomic mass is 32.2. The molecular weight excluding hydrogens is 662 g/mol. The van der Waals surface area contributed by atoms with Crippen molar-refractivity contribution in [3.63, 3.8) is 0 Å². The van der Waals surface area contributed by atoms with Gasteiger partial charge in [0.1, 0.15) is 5.84 Å². The Kier molecular flexibility index (Phi) is 12.4. The molecule has 1 aromatic heterocycles. The molecule has 6 N–H and O–H groups in total. The van der Waals surface area contributed by atoms with Gasteiger partial charge in [-0.2, -0.15) is 13.2 Å². The normalized spacial score (nSPS) is 11.2. The van der Waals surface area contributed by atoms with E-state index < -0.39 is 22.0 Å². The van der Waals surface area contributed by atoms with Crippen LogP contribution >= 0.6 is 23.1 Å². The Bertz CT molecular complexity index is 1810. The molecule has 4 aromatic rings. The summed E-state index contributed by atoms with van der Waals surface area (Å²) < 4.78 is 59.6. The van der Waals surface area contributed by atoms with Crippen molar-refractivity contribution in [1.82, 2.24) is 5.32 Å². The maximum atomic E-state index is 13.6. The second-order valence-electron chi connectivity index (χ2n) is 9.68. The highest BCUT2D eigenvalue weighted by Gasteiger charge is 2.38. The number of benzene rings is 3. The van der Waals surface area contributed by atoms with E-state index in [1.54, 1.807) is 30.5 Å². The first kappa shape index (κ1) is 36.1. The first-order valence-corrected chi connectivity index (χ1v) is 17.0. The van der Waals surface area contributed by atoms with Gasteiger partial charge in [0, 0.05) is 12.1 Å². The highest BCUT2D eigenvalue weighted by Crippen LogP contribution is 2.39. The number of carbonyl (C=O) groups is 2. The van der Waals surface area contributed by atoms with E-state index in [-0.39, 0.29) is 21.7 Å². The number of carboxylic acids is 1. The van der Waals surface area contributed by atoms with E-state index in [4.69, 9.17) is 21.0 Å². The predicted octanol–water partition coefficient (Wildman–Crippen LogP) is 6.95. The summed E-state index contributed by atoms with van der Waals surface area (Å²) in [6.45, 7) is 2.44. The van der Waals surface area contributed by atoms with E-state index in [0.29, 0.717) is 26.9 Å². The van der Waals surface area contributed by atoms with Gasteiger partial charge in [-0.1, -0.05) is 54.6 Å². The van der Waals surface area contributed by atoms with E-state index in [1.807, 2.05) is 43.3 Å². The number of amidine groups is 1. The zero-order chi connectivity index (χ0) is 34.1. The summed E-state index contributed by atoms with van der Waals surface area (Å²) in [7, 11) is -3.87. The van der Waals surface area contributed by atoms with Gasteiger partial charge in [-0.3, -0.25) is 5.41 Å². The Morgan fingerprint density at radius 3 is 2.28 bits per heavy atom. The summed E-state index contributed by atoms with van der Waals surface area (Å²) >= 11 is 2.49. The lowest BCUT2D eigenvalue weighted by Crippen LogP contribution is -2.30. The third-order valence-electron chi connectivity index (χ3n) is 6.37.